The molecule has 4 amide bonds. The molecule has 10 rings (SSSR count). The van der Waals surface area contributed by atoms with Gasteiger partial charge in [-0.3, -0.25) is 28.3 Å². The summed E-state index contributed by atoms with van der Waals surface area (Å²) in [6, 6.07) is -8.25. The summed E-state index contributed by atoms with van der Waals surface area (Å²) >= 11 is 0. The van der Waals surface area contributed by atoms with E-state index in [1.54, 1.807) is 0 Å². The second kappa shape index (κ2) is 46.1. The summed E-state index contributed by atoms with van der Waals surface area (Å²) in [5, 5.41) is 292. The number of ether oxygens (including phenoxy) is 19. The van der Waals surface area contributed by atoms with Gasteiger partial charge in [0.15, 0.2) is 62.9 Å². The fraction of sp³-hybridized carbons (Fsp3) is 0.941. The van der Waals surface area contributed by atoms with Crippen LogP contribution in [0.3, 0.4) is 0 Å². The molecule has 10 heterocycles. The molecule has 10 fully saturated rings. The van der Waals surface area contributed by atoms with E-state index in [4.69, 9.17) is 90.0 Å². The normalized spacial score (nSPS) is 47.6. The molecule has 0 aromatic heterocycles. The molecule has 10 saturated heterocycles. The average Bonchev–Trinajstić information content (AvgIpc) is 0.758. The molecule has 10 aliphatic rings. The van der Waals surface area contributed by atoms with E-state index in [1.165, 1.54) is 6.92 Å². The van der Waals surface area contributed by atoms with Crippen LogP contribution >= 0.6 is 0 Å². The molecule has 0 aliphatic carbocycles. The fourth-order valence-corrected chi connectivity index (χ4v) is 17.3. The van der Waals surface area contributed by atoms with E-state index in [0.29, 0.717) is 0 Å². The van der Waals surface area contributed by atoms with Crippen LogP contribution in [0, 0.1) is 0 Å². The zero-order valence-corrected chi connectivity index (χ0v) is 70.6. The lowest BCUT2D eigenvalue weighted by Crippen LogP contribution is -2.72. The van der Waals surface area contributed by atoms with Gasteiger partial charge < -0.3 is 239 Å². The molecule has 130 heavy (non-hydrogen) atoms. The summed E-state index contributed by atoms with van der Waals surface area (Å²) in [7, 11) is -11.0. The zero-order valence-electron chi connectivity index (χ0n) is 69.0. The van der Waals surface area contributed by atoms with Crippen LogP contribution in [0.2, 0.25) is 0 Å². The van der Waals surface area contributed by atoms with Gasteiger partial charge in [0, 0.05) is 27.7 Å². The number of rotatable bonds is 35. The van der Waals surface area contributed by atoms with E-state index >= 15 is 0 Å². The minimum atomic E-state index is -5.54. The van der Waals surface area contributed by atoms with Crippen LogP contribution in [0.15, 0.2) is 0 Å². The van der Waals surface area contributed by atoms with Gasteiger partial charge >= 0.3 is 20.8 Å². The van der Waals surface area contributed by atoms with Gasteiger partial charge in [-0.1, -0.05) is 0 Å². The highest BCUT2D eigenvalue weighted by Gasteiger charge is 2.63. The second-order valence-electron chi connectivity index (χ2n) is 32.0. The highest BCUT2D eigenvalue weighted by Crippen LogP contribution is 2.42. The SMILES string of the molecule is CC(=O)N[C@@H]1[C@@H](O)[C@H](O[C@@H]2O[C@H](CO)[C@@H](O[C@@H]3O[C@H](CO[C@H]4O[C@H](CO)[C@@H](O)[C@H](O)[C@@H]4O)[C@@H](O)[C@H](O[C@H]4O[C@H](CO)[C@@H](O[C@@H]5O[C@H](CO)[C@@H](O)[C@H](O[C@@H]6O[C@H](CO)[C@H](OS(=O)(=O)O)[C@H](O)[C@H]6O)[C@H]5NC(C)=O)[C@H](O)[C@@H]4O[C@@H]4O[C@H](CO)[C@@H](O)[C@H](O[C@@H]5O[C@H](CO)[C@H](OS(=O)(=O)O)[C@H](O)[C@H]5O)[C@H]4NC(C)=O)[C@@H]3O)[C@H](O)[C@H]2NC(C)=O)[C@@H](CO[C@@H]2O[C@@H](C)[C@@H](O)[C@@H](O)[C@@H]2O)O[C@H]1O. The maximum atomic E-state index is 13.5. The molecule has 0 saturated carbocycles. The molecule has 0 aromatic carbocycles. The van der Waals surface area contributed by atoms with Crippen molar-refractivity contribution >= 4 is 44.4 Å². The van der Waals surface area contributed by atoms with Crippen molar-refractivity contribution in [1.82, 2.24) is 21.3 Å². The molecule has 0 radical (unpaired) electrons. The molecule has 0 spiro atoms. The number of amides is 4. The van der Waals surface area contributed by atoms with Crippen LogP contribution in [-0.4, -0.2) is 544 Å². The van der Waals surface area contributed by atoms with Crippen LogP contribution in [-0.2, 0) is 138 Å². The fourth-order valence-electron chi connectivity index (χ4n) is 16.3. The monoisotopic (exact) mass is 1950 g/mol. The predicted molar refractivity (Wildman–Crippen MR) is 395 cm³/mol. The molecular formula is C68H114N4O56S2. The summed E-state index contributed by atoms with van der Waals surface area (Å²) in [6.45, 7) is -6.34. The van der Waals surface area contributed by atoms with Crippen LogP contribution in [0.1, 0.15) is 34.6 Å². The third kappa shape index (κ3) is 24.9. The molecule has 754 valence electrons. The lowest BCUT2D eigenvalue weighted by atomic mass is 9.93. The number of hydrogen-bond donors (Lipinski definition) is 31. The molecule has 10 aliphatic heterocycles. The number of nitrogens with one attached hydrogen (secondary N) is 4. The Balaban J connectivity index is 1.04. The van der Waals surface area contributed by atoms with Crippen LogP contribution < -0.4 is 21.3 Å². The summed E-state index contributed by atoms with van der Waals surface area (Å²) in [6.07, 6.45) is -103. The molecule has 60 nitrogen and oxygen atoms in total. The second-order valence-corrected chi connectivity index (χ2v) is 34.1. The first kappa shape index (κ1) is 108. The Morgan fingerprint density at radius 1 is 0.254 bits per heavy atom. The van der Waals surface area contributed by atoms with Crippen molar-refractivity contribution in [2.45, 2.75) is 341 Å². The van der Waals surface area contributed by atoms with E-state index in [2.05, 4.69) is 29.6 Å². The largest absolute Gasteiger partial charge is 0.397 e. The Bertz CT molecular complexity index is 3850. The smallest absolute Gasteiger partial charge is 0.394 e. The summed E-state index contributed by atoms with van der Waals surface area (Å²) < 4.78 is 189. The first-order chi connectivity index (χ1) is 61.0. The van der Waals surface area contributed by atoms with Gasteiger partial charge in [0.05, 0.1) is 65.6 Å². The number of carbonyl (C=O) groups is 4. The maximum Gasteiger partial charge on any atom is 0.397 e. The Hall–Kier alpha value is -4.14. The van der Waals surface area contributed by atoms with Crippen LogP contribution in [0.25, 0.3) is 0 Å². The summed E-state index contributed by atoms with van der Waals surface area (Å²) in [5.74, 6) is -4.14. The van der Waals surface area contributed by atoms with Crippen LogP contribution in [0.4, 0.5) is 0 Å². The first-order valence-corrected chi connectivity index (χ1v) is 43.0. The highest BCUT2D eigenvalue weighted by molar-refractivity contribution is 7.81. The average molecular weight is 1950 g/mol. The van der Waals surface area contributed by atoms with Gasteiger partial charge in [-0.25, -0.2) is 8.37 Å². The molecular weight excluding hydrogens is 1830 g/mol. The van der Waals surface area contributed by atoms with Gasteiger partial charge in [0.25, 0.3) is 0 Å². The zero-order chi connectivity index (χ0) is 96.2. The van der Waals surface area contributed by atoms with Crippen molar-refractivity contribution in [3.05, 3.63) is 0 Å². The minimum Gasteiger partial charge on any atom is -0.394 e. The molecule has 0 unspecified atom stereocenters. The van der Waals surface area contributed by atoms with Crippen LogP contribution in [0.5, 0.6) is 0 Å². The Morgan fingerprint density at radius 3 is 0.992 bits per heavy atom. The minimum absolute atomic E-state index is 0.811. The van der Waals surface area contributed by atoms with Crippen molar-refractivity contribution < 1.29 is 271 Å². The molecule has 0 bridgehead atoms. The standard InChI is InChI=1S/C68H114N4O56S2/c1-15-33(84)40(91)44(95)63(110-15)109-14-28-52(38(89)29(59(101)111-28)69-16(2)80)121-60-30(70-17(3)81)39(90)50(23(9-76)115-60)122-67-49(100)57(37(88)27(119-67)13-108-64-45(96)41(92)34(85)20(6-73)114-64)125-68-58(126-62-32(72-19(5)83)56(36(87)22(8-75)113-62)124-66-47(98)43(94)54(26(12-79)117-66)128-130(105,106)107)48(99)51(24(10-77)118-68)120-61-31(71-18(4)82)55(35(86)21(7-74)112-61)123-65-46(97)42(93)53(25(11-78)116-65)127-129(102,103)104/h15,20-68,73-79,84-101H,6-14H2,1-5H3,(H,69,80)(H,70,81)(H,71,82)(H,72,83)(H,102,103,104)(H,105,106,107)/t15-,20+,21+,22+,23+,24+,25+,26+,27+,28+,29+,30+,31+,32+,33+,34+,35+,36+,37+,38+,39+,40+,41-,42+,43+,44-,45-,46+,47+,48-,49-,50+,51+,52+,53-,54-,55+,56+,57-,58-,59+,60-,61-,62-,63+,64-,65-,66-,67-,68+/m0/s1. The van der Waals surface area contributed by atoms with Crippen molar-refractivity contribution in [2.75, 3.05) is 59.5 Å². The quantitative estimate of drug-likeness (QED) is 0.0262. The topological polar surface area (TPSA) is 925 Å². The van der Waals surface area contributed by atoms with Crippen molar-refractivity contribution in [2.24, 2.45) is 0 Å². The van der Waals surface area contributed by atoms with Crippen molar-refractivity contribution in [3.63, 3.8) is 0 Å². The summed E-state index contributed by atoms with van der Waals surface area (Å²) in [5.41, 5.74) is 0. The summed E-state index contributed by atoms with van der Waals surface area (Å²) in [4.78, 5) is 52.6. The number of aliphatic hydroxyl groups is 25. The molecule has 62 heteroatoms. The van der Waals surface area contributed by atoms with E-state index in [9.17, 15) is 173 Å². The predicted octanol–water partition coefficient (Wildman–Crippen LogP) is -21.5. The lowest BCUT2D eigenvalue weighted by molar-refractivity contribution is -0.405. The van der Waals surface area contributed by atoms with Gasteiger partial charge in [0.1, 0.15) is 238 Å². The Labute approximate surface area is 735 Å². The van der Waals surface area contributed by atoms with E-state index in [-0.39, 0.29) is 0 Å². The first-order valence-electron chi connectivity index (χ1n) is 40.3. The number of hydrogen-bond acceptors (Lipinski definition) is 54. The van der Waals surface area contributed by atoms with Gasteiger partial charge in [-0.2, -0.15) is 16.8 Å². The molecule has 31 N–H and O–H groups in total. The van der Waals surface area contributed by atoms with Gasteiger partial charge in [-0.15, -0.1) is 0 Å². The van der Waals surface area contributed by atoms with Gasteiger partial charge in [-0.05, 0) is 6.92 Å². The van der Waals surface area contributed by atoms with Crippen molar-refractivity contribution in [3.8, 4) is 0 Å². The molecule has 50 atom stereocenters. The lowest BCUT2D eigenvalue weighted by Gasteiger charge is -2.52. The third-order valence-corrected chi connectivity index (χ3v) is 23.8. The Morgan fingerprint density at radius 2 is 0.546 bits per heavy atom. The highest BCUT2D eigenvalue weighted by atomic mass is 32.3. The third-order valence-electron chi connectivity index (χ3n) is 22.8. The number of aliphatic hydroxyl groups excluding tert-OH is 25. The van der Waals surface area contributed by atoms with E-state index in [1.807, 2.05) is 0 Å². The Kier molecular flexibility index (Phi) is 38.3. The van der Waals surface area contributed by atoms with Gasteiger partial charge in [0.2, 0.25) is 23.6 Å². The van der Waals surface area contributed by atoms with E-state index in [0.717, 1.165) is 27.7 Å². The number of carbonyl (C=O) groups excluding carboxylic acids is 4. The maximum absolute atomic E-state index is 13.5. The van der Waals surface area contributed by atoms with E-state index < -0.39 is 411 Å². The molecule has 0 aromatic rings. The van der Waals surface area contributed by atoms with Crippen molar-refractivity contribution in [1.29, 1.82) is 0 Å².